The van der Waals surface area contributed by atoms with Gasteiger partial charge in [-0.15, -0.1) is 11.8 Å². The molecule has 0 saturated carbocycles. The fourth-order valence-corrected chi connectivity index (χ4v) is 4.26. The lowest BCUT2D eigenvalue weighted by atomic mass is 10.1. The molecule has 3 N–H and O–H groups in total. The molecule has 2 aliphatic rings. The van der Waals surface area contributed by atoms with E-state index in [1.165, 1.54) is 16.7 Å². The molecule has 0 spiro atoms. The van der Waals surface area contributed by atoms with Gasteiger partial charge in [-0.25, -0.2) is 9.59 Å². The fourth-order valence-electron chi connectivity index (χ4n) is 2.81. The molecular weight excluding hydrogens is 342 g/mol. The van der Waals surface area contributed by atoms with E-state index in [0.29, 0.717) is 19.4 Å². The molecule has 25 heavy (non-hydrogen) atoms. The number of hydrogen-bond acceptors (Lipinski definition) is 4. The molecule has 0 radical (unpaired) electrons. The number of carboxylic acid groups (broad SMARTS) is 1. The van der Waals surface area contributed by atoms with Crippen molar-refractivity contribution in [2.24, 2.45) is 0 Å². The van der Waals surface area contributed by atoms with Crippen LogP contribution < -0.4 is 10.6 Å². The molecular formula is C17H19N3O4S. The minimum Gasteiger partial charge on any atom is -0.477 e. The molecule has 0 aliphatic carbocycles. The van der Waals surface area contributed by atoms with Crippen LogP contribution in [0, 0.1) is 0 Å². The first kappa shape index (κ1) is 17.3. The summed E-state index contributed by atoms with van der Waals surface area (Å²) in [7, 11) is 0. The van der Waals surface area contributed by atoms with E-state index < -0.39 is 5.97 Å². The Bertz CT molecular complexity index is 720. The van der Waals surface area contributed by atoms with Gasteiger partial charge in [-0.1, -0.05) is 18.2 Å². The Labute approximate surface area is 149 Å². The number of benzene rings is 1. The monoisotopic (exact) mass is 361 g/mol. The van der Waals surface area contributed by atoms with Crippen LogP contribution >= 0.6 is 11.8 Å². The third kappa shape index (κ3) is 3.96. The summed E-state index contributed by atoms with van der Waals surface area (Å²) in [4.78, 5) is 36.8. The van der Waals surface area contributed by atoms with Crippen LogP contribution in [0.4, 0.5) is 10.5 Å². The number of thioether (sulfide) groups is 1. The summed E-state index contributed by atoms with van der Waals surface area (Å²) in [6.07, 6.45) is 2.50. The Morgan fingerprint density at radius 2 is 2.00 bits per heavy atom. The SMILES string of the molecule is O=C(NCCCCC1=C(C(=O)O)N2C(=O)C[C@H]2S1)Nc1ccccc1. The standard InChI is InChI=1S/C17H19N3O4S/c21-13-10-14-20(13)15(16(22)23)12(25-14)8-4-5-9-18-17(24)19-11-6-2-1-3-7-11/h1-3,6-7,14H,4-5,8-10H2,(H,22,23)(H2,18,19,24)/t14-/m1/s1. The van der Waals surface area contributed by atoms with E-state index in [1.54, 1.807) is 0 Å². The molecule has 1 atom stereocenters. The van der Waals surface area contributed by atoms with E-state index in [9.17, 15) is 19.5 Å². The zero-order valence-corrected chi connectivity index (χ0v) is 14.3. The number of carbonyl (C=O) groups is 3. The highest BCUT2D eigenvalue weighted by Gasteiger charge is 2.47. The second kappa shape index (κ2) is 7.60. The Morgan fingerprint density at radius 3 is 2.68 bits per heavy atom. The summed E-state index contributed by atoms with van der Waals surface area (Å²) in [6, 6.07) is 8.92. The maximum absolute atomic E-state index is 11.7. The number of unbranched alkanes of at least 4 members (excludes halogenated alkanes) is 1. The number of aliphatic carboxylic acids is 1. The van der Waals surface area contributed by atoms with Gasteiger partial charge < -0.3 is 15.7 Å². The van der Waals surface area contributed by atoms with Crippen LogP contribution in [0.1, 0.15) is 25.7 Å². The van der Waals surface area contributed by atoms with Crippen LogP contribution in [0.2, 0.25) is 0 Å². The molecule has 3 amide bonds. The Balaban J connectivity index is 1.40. The normalized spacial score (nSPS) is 18.6. The zero-order valence-electron chi connectivity index (χ0n) is 13.5. The molecule has 0 unspecified atom stereocenters. The number of carbonyl (C=O) groups excluding carboxylic acids is 2. The second-order valence-corrected chi connectivity index (χ2v) is 7.09. The Hall–Kier alpha value is -2.48. The quantitative estimate of drug-likeness (QED) is 0.512. The number of para-hydroxylation sites is 1. The first-order valence-corrected chi connectivity index (χ1v) is 8.99. The number of allylic oxidation sites excluding steroid dienone is 1. The van der Waals surface area contributed by atoms with E-state index >= 15 is 0 Å². The summed E-state index contributed by atoms with van der Waals surface area (Å²) in [6.45, 7) is 0.505. The van der Waals surface area contributed by atoms with E-state index in [4.69, 9.17) is 0 Å². The van der Waals surface area contributed by atoms with Crippen molar-refractivity contribution in [2.75, 3.05) is 11.9 Å². The number of rotatable bonds is 7. The number of hydrogen-bond donors (Lipinski definition) is 3. The van der Waals surface area contributed by atoms with E-state index in [-0.39, 0.29) is 23.0 Å². The molecule has 2 aliphatic heterocycles. The molecule has 3 rings (SSSR count). The van der Waals surface area contributed by atoms with Crippen molar-refractivity contribution in [1.82, 2.24) is 10.2 Å². The van der Waals surface area contributed by atoms with Gasteiger partial charge in [0, 0.05) is 17.1 Å². The van der Waals surface area contributed by atoms with Crippen LogP contribution in [-0.4, -0.2) is 39.8 Å². The van der Waals surface area contributed by atoms with Crippen molar-refractivity contribution in [2.45, 2.75) is 31.1 Å². The molecule has 1 saturated heterocycles. The molecule has 1 fully saturated rings. The van der Waals surface area contributed by atoms with Gasteiger partial charge in [0.1, 0.15) is 5.70 Å². The number of amides is 3. The smallest absolute Gasteiger partial charge is 0.353 e. The largest absolute Gasteiger partial charge is 0.477 e. The van der Waals surface area contributed by atoms with Gasteiger partial charge in [0.15, 0.2) is 0 Å². The lowest BCUT2D eigenvalue weighted by molar-refractivity contribution is -0.145. The average molecular weight is 361 g/mol. The molecule has 1 aromatic carbocycles. The number of carboxylic acids is 1. The summed E-state index contributed by atoms with van der Waals surface area (Å²) >= 11 is 1.47. The number of nitrogens with one attached hydrogen (secondary N) is 2. The summed E-state index contributed by atoms with van der Waals surface area (Å²) < 4.78 is 0. The highest BCUT2D eigenvalue weighted by atomic mass is 32.2. The van der Waals surface area contributed by atoms with Crippen molar-refractivity contribution in [3.05, 3.63) is 40.9 Å². The molecule has 8 heteroatoms. The van der Waals surface area contributed by atoms with Gasteiger partial charge in [-0.3, -0.25) is 9.69 Å². The number of fused-ring (bicyclic) bond motifs is 1. The molecule has 0 aromatic heterocycles. The van der Waals surface area contributed by atoms with Gasteiger partial charge >= 0.3 is 12.0 Å². The topological polar surface area (TPSA) is 98.7 Å². The maximum Gasteiger partial charge on any atom is 0.353 e. The number of urea groups is 1. The molecule has 1 aromatic rings. The lowest BCUT2D eigenvalue weighted by Crippen LogP contribution is -2.48. The third-order valence-corrected chi connectivity index (χ3v) is 5.37. The summed E-state index contributed by atoms with van der Waals surface area (Å²) in [5.41, 5.74) is 0.869. The maximum atomic E-state index is 11.7. The van der Waals surface area contributed by atoms with Crippen LogP contribution in [0.5, 0.6) is 0 Å². The van der Waals surface area contributed by atoms with Gasteiger partial charge in [0.25, 0.3) is 0 Å². The van der Waals surface area contributed by atoms with Crippen LogP contribution in [0.15, 0.2) is 40.9 Å². The van der Waals surface area contributed by atoms with Crippen LogP contribution in [-0.2, 0) is 9.59 Å². The minimum absolute atomic E-state index is 0.0385. The summed E-state index contributed by atoms with van der Waals surface area (Å²) in [5.74, 6) is -1.16. The molecule has 7 nitrogen and oxygen atoms in total. The van der Waals surface area contributed by atoms with Crippen molar-refractivity contribution < 1.29 is 19.5 Å². The van der Waals surface area contributed by atoms with Crippen LogP contribution in [0.3, 0.4) is 0 Å². The molecule has 132 valence electrons. The first-order chi connectivity index (χ1) is 12.1. The van der Waals surface area contributed by atoms with E-state index in [1.807, 2.05) is 30.3 Å². The van der Waals surface area contributed by atoms with Gasteiger partial charge in [0.05, 0.1) is 11.8 Å². The Morgan fingerprint density at radius 1 is 1.24 bits per heavy atom. The van der Waals surface area contributed by atoms with Crippen molar-refractivity contribution in [1.29, 1.82) is 0 Å². The predicted octanol–water partition coefficient (Wildman–Crippen LogP) is 2.58. The zero-order chi connectivity index (χ0) is 17.8. The van der Waals surface area contributed by atoms with Gasteiger partial charge in [-0.05, 0) is 31.4 Å². The molecule has 2 heterocycles. The van der Waals surface area contributed by atoms with E-state index in [2.05, 4.69) is 10.6 Å². The number of nitrogens with zero attached hydrogens (tertiary/aromatic N) is 1. The van der Waals surface area contributed by atoms with Crippen molar-refractivity contribution in [3.8, 4) is 0 Å². The van der Waals surface area contributed by atoms with E-state index in [0.717, 1.165) is 23.4 Å². The third-order valence-electron chi connectivity index (χ3n) is 4.04. The van der Waals surface area contributed by atoms with Gasteiger partial charge in [0.2, 0.25) is 5.91 Å². The second-order valence-electron chi connectivity index (χ2n) is 5.82. The minimum atomic E-state index is -1.04. The molecule has 0 bridgehead atoms. The summed E-state index contributed by atoms with van der Waals surface area (Å²) in [5, 5.41) is 14.8. The lowest BCUT2D eigenvalue weighted by Gasteiger charge is -2.33. The van der Waals surface area contributed by atoms with Crippen molar-refractivity contribution in [3.63, 3.8) is 0 Å². The van der Waals surface area contributed by atoms with Crippen LogP contribution in [0.25, 0.3) is 0 Å². The number of β-lactam (4-membered cyclic amide) rings is 1. The van der Waals surface area contributed by atoms with Gasteiger partial charge in [-0.2, -0.15) is 0 Å². The highest BCUT2D eigenvalue weighted by Crippen LogP contribution is 2.47. The highest BCUT2D eigenvalue weighted by molar-refractivity contribution is 8.04. The average Bonchev–Trinajstić information content (AvgIpc) is 2.88. The first-order valence-electron chi connectivity index (χ1n) is 8.11. The number of anilines is 1. The van der Waals surface area contributed by atoms with Crippen molar-refractivity contribution >= 4 is 35.4 Å². The predicted molar refractivity (Wildman–Crippen MR) is 94.8 cm³/mol. The fraction of sp³-hybridized carbons (Fsp3) is 0.353. The Kier molecular flexibility index (Phi) is 5.28.